The van der Waals surface area contributed by atoms with Gasteiger partial charge in [0.25, 0.3) is 0 Å². The molecule has 4 heterocycles. The zero-order valence-corrected chi connectivity index (χ0v) is 16.2. The Labute approximate surface area is 163 Å². The van der Waals surface area contributed by atoms with Crippen LogP contribution in [0.15, 0.2) is 24.7 Å². The third kappa shape index (κ3) is 3.30. The summed E-state index contributed by atoms with van der Waals surface area (Å²) < 4.78 is 9.16. The van der Waals surface area contributed by atoms with Gasteiger partial charge in [-0.15, -0.1) is 0 Å². The van der Waals surface area contributed by atoms with Crippen molar-refractivity contribution in [3.63, 3.8) is 0 Å². The van der Waals surface area contributed by atoms with Crippen molar-refractivity contribution in [3.8, 4) is 0 Å². The smallest absolute Gasteiger partial charge is 0.231 e. The van der Waals surface area contributed by atoms with Crippen LogP contribution in [0, 0.1) is 5.92 Å². The fraction of sp³-hybridized carbons (Fsp3) is 0.579. The molecule has 2 aromatic rings. The number of hydrogen-bond donors (Lipinski definition) is 1. The first-order chi connectivity index (χ1) is 13.6. The summed E-state index contributed by atoms with van der Waals surface area (Å²) in [6.45, 7) is 3.86. The number of nitrogens with zero attached hydrogens (tertiary/aromatic N) is 5. The first-order valence-electron chi connectivity index (χ1n) is 9.79. The van der Waals surface area contributed by atoms with Gasteiger partial charge < -0.3 is 19.5 Å². The molecule has 2 atom stereocenters. The highest BCUT2D eigenvalue weighted by molar-refractivity contribution is 5.97. The van der Waals surface area contributed by atoms with Gasteiger partial charge in [0.15, 0.2) is 0 Å². The van der Waals surface area contributed by atoms with Gasteiger partial charge in [-0.2, -0.15) is 5.10 Å². The van der Waals surface area contributed by atoms with E-state index in [2.05, 4.69) is 15.4 Å². The van der Waals surface area contributed by atoms with Crippen LogP contribution in [0.4, 0.5) is 5.82 Å². The number of ether oxygens (including phenoxy) is 1. The number of carbonyl (C=O) groups excluding carboxylic acids is 2. The summed E-state index contributed by atoms with van der Waals surface area (Å²) in [5.74, 6) is 0.704. The Morgan fingerprint density at radius 2 is 2.11 bits per heavy atom. The lowest BCUT2D eigenvalue weighted by molar-refractivity contribution is -0.129. The van der Waals surface area contributed by atoms with E-state index in [0.717, 1.165) is 18.7 Å². The molecule has 0 aliphatic carbocycles. The summed E-state index contributed by atoms with van der Waals surface area (Å²) in [6, 6.07) is 1.65. The van der Waals surface area contributed by atoms with E-state index in [1.807, 2.05) is 29.4 Å². The molecule has 4 rings (SSSR count). The topological polar surface area (TPSA) is 94.3 Å². The highest BCUT2D eigenvalue weighted by Gasteiger charge is 2.45. The van der Waals surface area contributed by atoms with Crippen LogP contribution in [-0.2, 0) is 21.4 Å². The SMILES string of the molecule is CCN1C(=O)C[C@H](C(=O)Nc2ccnn2C2CCOCC2)[C@H]1c1nccn1C. The van der Waals surface area contributed by atoms with Crippen molar-refractivity contribution in [2.45, 2.75) is 38.3 Å². The molecule has 2 aliphatic heterocycles. The predicted octanol–water partition coefficient (Wildman–Crippen LogP) is 1.52. The average Bonchev–Trinajstić information content (AvgIpc) is 3.40. The molecule has 2 saturated heterocycles. The molecule has 2 fully saturated rings. The molecule has 0 unspecified atom stereocenters. The summed E-state index contributed by atoms with van der Waals surface area (Å²) in [5, 5.41) is 7.41. The average molecular weight is 386 g/mol. The van der Waals surface area contributed by atoms with E-state index in [1.165, 1.54) is 0 Å². The van der Waals surface area contributed by atoms with Gasteiger partial charge in [0.2, 0.25) is 11.8 Å². The van der Waals surface area contributed by atoms with Crippen LogP contribution in [0.1, 0.15) is 44.1 Å². The quantitative estimate of drug-likeness (QED) is 0.841. The van der Waals surface area contributed by atoms with Crippen molar-refractivity contribution < 1.29 is 14.3 Å². The van der Waals surface area contributed by atoms with E-state index in [4.69, 9.17) is 4.74 Å². The Hall–Kier alpha value is -2.68. The largest absolute Gasteiger partial charge is 0.381 e. The van der Waals surface area contributed by atoms with E-state index in [-0.39, 0.29) is 30.3 Å². The maximum Gasteiger partial charge on any atom is 0.231 e. The maximum atomic E-state index is 13.2. The van der Waals surface area contributed by atoms with Gasteiger partial charge in [-0.3, -0.25) is 9.59 Å². The number of likely N-dealkylation sites (tertiary alicyclic amines) is 1. The van der Waals surface area contributed by atoms with Gasteiger partial charge in [-0.1, -0.05) is 0 Å². The molecular formula is C19H26N6O3. The number of carbonyl (C=O) groups is 2. The molecule has 0 radical (unpaired) electrons. The summed E-state index contributed by atoms with van der Waals surface area (Å²) >= 11 is 0. The van der Waals surface area contributed by atoms with Gasteiger partial charge in [0.05, 0.1) is 18.2 Å². The predicted molar refractivity (Wildman–Crippen MR) is 101 cm³/mol. The standard InChI is InChI=1S/C19H26N6O3/c1-3-24-16(26)12-14(17(24)18-20-8-9-23(18)2)19(27)22-15-4-7-21-25(15)13-5-10-28-11-6-13/h4,7-9,13-14,17H,3,5-6,10-12H2,1-2H3,(H,22,27)/t14-,17-/m0/s1. The molecule has 150 valence electrons. The van der Waals surface area contributed by atoms with Crippen LogP contribution >= 0.6 is 0 Å². The van der Waals surface area contributed by atoms with E-state index < -0.39 is 5.92 Å². The van der Waals surface area contributed by atoms with Crippen LogP contribution in [0.25, 0.3) is 0 Å². The summed E-state index contributed by atoms with van der Waals surface area (Å²) in [6.07, 6.45) is 7.14. The van der Waals surface area contributed by atoms with Crippen molar-refractivity contribution in [3.05, 3.63) is 30.5 Å². The zero-order chi connectivity index (χ0) is 19.7. The lowest BCUT2D eigenvalue weighted by Crippen LogP contribution is -2.34. The number of imidazole rings is 1. The van der Waals surface area contributed by atoms with Crippen molar-refractivity contribution in [1.82, 2.24) is 24.2 Å². The molecule has 1 N–H and O–H groups in total. The molecule has 9 nitrogen and oxygen atoms in total. The molecular weight excluding hydrogens is 360 g/mol. The van der Waals surface area contributed by atoms with Crippen molar-refractivity contribution >= 4 is 17.6 Å². The van der Waals surface area contributed by atoms with E-state index in [9.17, 15) is 9.59 Å². The minimum absolute atomic E-state index is 0.0198. The number of anilines is 1. The Morgan fingerprint density at radius 3 is 2.79 bits per heavy atom. The molecule has 2 aromatic heterocycles. The molecule has 9 heteroatoms. The lowest BCUT2D eigenvalue weighted by atomic mass is 9.98. The molecule has 2 amide bonds. The van der Waals surface area contributed by atoms with Gasteiger partial charge in [-0.25, -0.2) is 9.67 Å². The van der Waals surface area contributed by atoms with Crippen LogP contribution in [0.3, 0.4) is 0 Å². The number of aromatic nitrogens is 4. The molecule has 0 spiro atoms. The summed E-state index contributed by atoms with van der Waals surface area (Å²) in [7, 11) is 1.88. The molecule has 28 heavy (non-hydrogen) atoms. The van der Waals surface area contributed by atoms with Gasteiger partial charge in [-0.05, 0) is 19.8 Å². The van der Waals surface area contributed by atoms with Gasteiger partial charge >= 0.3 is 0 Å². The van der Waals surface area contributed by atoms with E-state index in [0.29, 0.717) is 25.6 Å². The first kappa shape index (κ1) is 18.7. The second kappa shape index (κ2) is 7.75. The number of aryl methyl sites for hydroxylation is 1. The molecule has 0 saturated carbocycles. The second-order valence-electron chi connectivity index (χ2n) is 7.33. The fourth-order valence-corrected chi connectivity index (χ4v) is 4.23. The summed E-state index contributed by atoms with van der Waals surface area (Å²) in [5.41, 5.74) is 0. The second-order valence-corrected chi connectivity index (χ2v) is 7.33. The highest BCUT2D eigenvalue weighted by Crippen LogP contribution is 2.38. The summed E-state index contributed by atoms with van der Waals surface area (Å²) in [4.78, 5) is 31.9. The lowest BCUT2D eigenvalue weighted by Gasteiger charge is -2.27. The van der Waals surface area contributed by atoms with Crippen LogP contribution in [0.5, 0.6) is 0 Å². The Bertz CT molecular complexity index is 853. The Kier molecular flexibility index (Phi) is 5.17. The van der Waals surface area contributed by atoms with Crippen molar-refractivity contribution in [2.24, 2.45) is 13.0 Å². The number of rotatable bonds is 5. The number of nitrogens with one attached hydrogen (secondary N) is 1. The maximum absolute atomic E-state index is 13.2. The normalized spacial score (nSPS) is 23.4. The first-order valence-corrected chi connectivity index (χ1v) is 9.79. The highest BCUT2D eigenvalue weighted by atomic mass is 16.5. The minimum Gasteiger partial charge on any atom is -0.381 e. The molecule has 2 aliphatic rings. The fourth-order valence-electron chi connectivity index (χ4n) is 4.23. The van der Waals surface area contributed by atoms with Crippen LogP contribution < -0.4 is 5.32 Å². The Balaban J connectivity index is 1.56. The third-order valence-corrected chi connectivity index (χ3v) is 5.69. The van der Waals surface area contributed by atoms with Gasteiger partial charge in [0.1, 0.15) is 17.7 Å². The molecule has 0 bridgehead atoms. The Morgan fingerprint density at radius 1 is 1.32 bits per heavy atom. The van der Waals surface area contributed by atoms with E-state index >= 15 is 0 Å². The van der Waals surface area contributed by atoms with E-state index in [1.54, 1.807) is 23.4 Å². The molecule has 0 aromatic carbocycles. The third-order valence-electron chi connectivity index (χ3n) is 5.69. The van der Waals surface area contributed by atoms with Crippen LogP contribution in [-0.4, -0.2) is 55.8 Å². The van der Waals surface area contributed by atoms with Crippen molar-refractivity contribution in [2.75, 3.05) is 25.1 Å². The number of amides is 2. The monoisotopic (exact) mass is 386 g/mol. The van der Waals surface area contributed by atoms with Crippen LogP contribution in [0.2, 0.25) is 0 Å². The van der Waals surface area contributed by atoms with Crippen molar-refractivity contribution in [1.29, 1.82) is 0 Å². The number of hydrogen-bond acceptors (Lipinski definition) is 5. The van der Waals surface area contributed by atoms with Gasteiger partial charge in [0, 0.05) is 51.7 Å². The zero-order valence-electron chi connectivity index (χ0n) is 16.2. The minimum atomic E-state index is -0.494.